The highest BCUT2D eigenvalue weighted by atomic mass is 19.4. The van der Waals surface area contributed by atoms with Gasteiger partial charge < -0.3 is 15.4 Å². The molecular weight excluding hydrogens is 315 g/mol. The Bertz CT molecular complexity index is 544. The second-order valence-electron chi connectivity index (χ2n) is 5.20. The van der Waals surface area contributed by atoms with Crippen molar-refractivity contribution in [1.29, 1.82) is 0 Å². The fraction of sp³-hybridized carbons (Fsp3) is 0.500. The maximum Gasteiger partial charge on any atom is 0.422 e. The van der Waals surface area contributed by atoms with Crippen LogP contribution in [0.2, 0.25) is 0 Å². The second-order valence-corrected chi connectivity index (χ2v) is 5.20. The van der Waals surface area contributed by atoms with Gasteiger partial charge in [-0.1, -0.05) is 13.8 Å². The minimum absolute atomic E-state index is 0.138. The third kappa shape index (κ3) is 6.98. The van der Waals surface area contributed by atoms with Gasteiger partial charge in [0.05, 0.1) is 11.9 Å². The highest BCUT2D eigenvalue weighted by Gasteiger charge is 2.28. The van der Waals surface area contributed by atoms with Crippen molar-refractivity contribution in [2.45, 2.75) is 33.0 Å². The van der Waals surface area contributed by atoms with Crippen molar-refractivity contribution >= 4 is 17.5 Å². The summed E-state index contributed by atoms with van der Waals surface area (Å²) in [5.41, 5.74) is 0.283. The lowest BCUT2D eigenvalue weighted by Gasteiger charge is -2.20. The van der Waals surface area contributed by atoms with E-state index in [0.717, 1.165) is 0 Å². The molecule has 9 heteroatoms. The van der Waals surface area contributed by atoms with E-state index in [1.54, 1.807) is 13.8 Å². The maximum atomic E-state index is 12.1. The number of carbonyl (C=O) groups excluding carboxylic acids is 2. The molecule has 1 heterocycles. The summed E-state index contributed by atoms with van der Waals surface area (Å²) in [6.07, 6.45) is -3.27. The van der Waals surface area contributed by atoms with Crippen LogP contribution in [0.15, 0.2) is 18.3 Å². The summed E-state index contributed by atoms with van der Waals surface area (Å²) in [6, 6.07) is 1.85. The maximum absolute atomic E-state index is 12.1. The summed E-state index contributed by atoms with van der Waals surface area (Å²) < 4.78 is 40.5. The molecule has 0 aliphatic heterocycles. The van der Waals surface area contributed by atoms with E-state index in [4.69, 9.17) is 0 Å². The molecule has 0 spiro atoms. The van der Waals surface area contributed by atoms with E-state index in [1.165, 1.54) is 25.3 Å². The van der Waals surface area contributed by atoms with E-state index in [2.05, 4.69) is 20.4 Å². The highest BCUT2D eigenvalue weighted by Crippen LogP contribution is 2.18. The van der Waals surface area contributed by atoms with Crippen LogP contribution in [0.5, 0.6) is 5.88 Å². The summed E-state index contributed by atoms with van der Waals surface area (Å²) in [6.45, 7) is 3.40. The first kappa shape index (κ1) is 18.7. The van der Waals surface area contributed by atoms with Crippen molar-refractivity contribution in [2.24, 2.45) is 5.92 Å². The largest absolute Gasteiger partial charge is 0.468 e. The highest BCUT2D eigenvalue weighted by molar-refractivity contribution is 5.97. The van der Waals surface area contributed by atoms with Gasteiger partial charge in [-0.3, -0.25) is 9.59 Å². The molecule has 0 aliphatic carbocycles. The van der Waals surface area contributed by atoms with Gasteiger partial charge in [0.2, 0.25) is 17.7 Å². The SMILES string of the molecule is CC(=O)N[C@H](C(=O)Nc1ccc(OCC(F)(F)F)nc1)C(C)C. The Morgan fingerprint density at radius 2 is 1.96 bits per heavy atom. The molecule has 1 atom stereocenters. The van der Waals surface area contributed by atoms with Crippen LogP contribution >= 0.6 is 0 Å². The monoisotopic (exact) mass is 333 g/mol. The number of hydrogen-bond donors (Lipinski definition) is 2. The Morgan fingerprint density at radius 1 is 1.30 bits per heavy atom. The predicted octanol–water partition coefficient (Wildman–Crippen LogP) is 2.12. The number of halogens is 3. The zero-order valence-corrected chi connectivity index (χ0v) is 12.9. The molecule has 128 valence electrons. The molecular formula is C14H18F3N3O3. The number of alkyl halides is 3. The Hall–Kier alpha value is -2.32. The molecule has 0 saturated heterocycles. The lowest BCUT2D eigenvalue weighted by molar-refractivity contribution is -0.154. The van der Waals surface area contributed by atoms with Crippen molar-refractivity contribution in [3.8, 4) is 5.88 Å². The number of hydrogen-bond acceptors (Lipinski definition) is 4. The Balaban J connectivity index is 2.66. The third-order valence-electron chi connectivity index (χ3n) is 2.70. The van der Waals surface area contributed by atoms with E-state index in [-0.39, 0.29) is 23.4 Å². The Morgan fingerprint density at radius 3 is 2.39 bits per heavy atom. The van der Waals surface area contributed by atoms with Crippen LogP contribution in [-0.4, -0.2) is 35.6 Å². The topological polar surface area (TPSA) is 80.3 Å². The van der Waals surface area contributed by atoms with Gasteiger partial charge in [-0.2, -0.15) is 13.2 Å². The summed E-state index contributed by atoms with van der Waals surface area (Å²) in [4.78, 5) is 26.9. The van der Waals surface area contributed by atoms with Gasteiger partial charge in [0, 0.05) is 13.0 Å². The van der Waals surface area contributed by atoms with Crippen LogP contribution in [-0.2, 0) is 9.59 Å². The second kappa shape index (κ2) is 7.80. The number of ether oxygens (including phenoxy) is 1. The number of pyridine rings is 1. The molecule has 0 fully saturated rings. The van der Waals surface area contributed by atoms with Crippen molar-refractivity contribution in [3.63, 3.8) is 0 Å². The molecule has 1 rings (SSSR count). The molecule has 0 bridgehead atoms. The van der Waals surface area contributed by atoms with Crippen LogP contribution in [0.25, 0.3) is 0 Å². The zero-order valence-electron chi connectivity index (χ0n) is 12.9. The Labute approximate surface area is 131 Å². The summed E-state index contributed by atoms with van der Waals surface area (Å²) >= 11 is 0. The minimum atomic E-state index is -4.45. The quantitative estimate of drug-likeness (QED) is 0.836. The summed E-state index contributed by atoms with van der Waals surface area (Å²) in [7, 11) is 0. The number of nitrogens with one attached hydrogen (secondary N) is 2. The first-order chi connectivity index (χ1) is 10.6. The van der Waals surface area contributed by atoms with Crippen LogP contribution in [0, 0.1) is 5.92 Å². The van der Waals surface area contributed by atoms with Crippen LogP contribution < -0.4 is 15.4 Å². The first-order valence-electron chi connectivity index (χ1n) is 6.82. The number of aromatic nitrogens is 1. The number of carbonyl (C=O) groups is 2. The fourth-order valence-electron chi connectivity index (χ4n) is 1.67. The van der Waals surface area contributed by atoms with Gasteiger partial charge in [-0.25, -0.2) is 4.98 Å². The molecule has 2 amide bonds. The molecule has 2 N–H and O–H groups in total. The van der Waals surface area contributed by atoms with Crippen molar-refractivity contribution in [3.05, 3.63) is 18.3 Å². The molecule has 0 aromatic carbocycles. The lowest BCUT2D eigenvalue weighted by Crippen LogP contribution is -2.46. The van der Waals surface area contributed by atoms with Gasteiger partial charge >= 0.3 is 6.18 Å². The van der Waals surface area contributed by atoms with Gasteiger partial charge in [0.25, 0.3) is 0 Å². The van der Waals surface area contributed by atoms with E-state index in [1.807, 2.05) is 0 Å². The number of nitrogens with zero attached hydrogens (tertiary/aromatic N) is 1. The summed E-state index contributed by atoms with van der Waals surface area (Å²) in [5, 5.41) is 5.06. The van der Waals surface area contributed by atoms with Crippen molar-refractivity contribution in [2.75, 3.05) is 11.9 Å². The first-order valence-corrected chi connectivity index (χ1v) is 6.82. The number of anilines is 1. The summed E-state index contributed by atoms with van der Waals surface area (Å²) in [5.74, 6) is -1.13. The number of amides is 2. The minimum Gasteiger partial charge on any atom is -0.468 e. The van der Waals surface area contributed by atoms with E-state index in [0.29, 0.717) is 0 Å². The van der Waals surface area contributed by atoms with Crippen LogP contribution in [0.4, 0.5) is 18.9 Å². The van der Waals surface area contributed by atoms with E-state index in [9.17, 15) is 22.8 Å². The fourth-order valence-corrected chi connectivity index (χ4v) is 1.67. The Kier molecular flexibility index (Phi) is 6.35. The molecule has 1 aromatic heterocycles. The van der Waals surface area contributed by atoms with Gasteiger partial charge in [-0.15, -0.1) is 0 Å². The molecule has 6 nitrogen and oxygen atoms in total. The predicted molar refractivity (Wildman–Crippen MR) is 76.9 cm³/mol. The van der Waals surface area contributed by atoms with Crippen LogP contribution in [0.1, 0.15) is 20.8 Å². The number of rotatable bonds is 6. The average Bonchev–Trinajstić information content (AvgIpc) is 2.42. The molecule has 0 saturated carbocycles. The van der Waals surface area contributed by atoms with Gasteiger partial charge in [0.15, 0.2) is 6.61 Å². The van der Waals surface area contributed by atoms with Gasteiger partial charge in [0.1, 0.15) is 6.04 Å². The third-order valence-corrected chi connectivity index (χ3v) is 2.70. The molecule has 1 aromatic rings. The molecule has 0 radical (unpaired) electrons. The van der Waals surface area contributed by atoms with E-state index < -0.39 is 24.7 Å². The van der Waals surface area contributed by atoms with Crippen LogP contribution in [0.3, 0.4) is 0 Å². The van der Waals surface area contributed by atoms with Crippen molar-refractivity contribution < 1.29 is 27.5 Å². The standard InChI is InChI=1S/C14H18F3N3O3/c1-8(2)12(19-9(3)21)13(22)20-10-4-5-11(18-6-10)23-7-14(15,16)17/h4-6,8,12H,7H2,1-3H3,(H,19,21)(H,20,22)/t12-/m0/s1. The molecule has 0 aliphatic rings. The molecule has 23 heavy (non-hydrogen) atoms. The average molecular weight is 333 g/mol. The van der Waals surface area contributed by atoms with Gasteiger partial charge in [-0.05, 0) is 12.0 Å². The van der Waals surface area contributed by atoms with E-state index >= 15 is 0 Å². The van der Waals surface area contributed by atoms with Crippen molar-refractivity contribution in [1.82, 2.24) is 10.3 Å². The lowest BCUT2D eigenvalue weighted by atomic mass is 10.0. The zero-order chi connectivity index (χ0) is 17.6. The molecule has 0 unspecified atom stereocenters. The normalized spacial score (nSPS) is 12.7. The smallest absolute Gasteiger partial charge is 0.422 e.